The average Bonchev–Trinajstić information content (AvgIpc) is 2.66. The third kappa shape index (κ3) is 1.61. The van der Waals surface area contributed by atoms with Crippen molar-refractivity contribution in [3.63, 3.8) is 0 Å². The van der Waals surface area contributed by atoms with E-state index in [1.165, 1.54) is 18.4 Å². The van der Waals surface area contributed by atoms with Crippen molar-refractivity contribution in [1.29, 1.82) is 0 Å². The summed E-state index contributed by atoms with van der Waals surface area (Å²) in [5, 5.41) is 3.44. The van der Waals surface area contributed by atoms with Gasteiger partial charge < -0.3 is 10.1 Å². The molecule has 86 valence electrons. The number of fused-ring (bicyclic) bond motifs is 1. The minimum Gasteiger partial charge on any atom is -0.490 e. The molecular weight excluding hydrogens is 198 g/mol. The summed E-state index contributed by atoms with van der Waals surface area (Å²) in [5.74, 6) is 2.51. The molecule has 2 unspecified atom stereocenters. The monoisotopic (exact) mass is 217 g/mol. The average molecular weight is 217 g/mol. The third-order valence-corrected chi connectivity index (χ3v) is 3.99. The Bertz CT molecular complexity index is 371. The van der Waals surface area contributed by atoms with E-state index in [1.807, 2.05) is 0 Å². The number of hydrogen-bond acceptors (Lipinski definition) is 2. The quantitative estimate of drug-likeness (QED) is 0.780. The highest BCUT2D eigenvalue weighted by Crippen LogP contribution is 2.44. The molecule has 0 amide bonds. The van der Waals surface area contributed by atoms with Crippen molar-refractivity contribution in [1.82, 2.24) is 5.32 Å². The zero-order chi connectivity index (χ0) is 11.0. The van der Waals surface area contributed by atoms with Gasteiger partial charge in [0.1, 0.15) is 11.9 Å². The van der Waals surface area contributed by atoms with Gasteiger partial charge in [0.15, 0.2) is 0 Å². The highest BCUT2D eigenvalue weighted by Gasteiger charge is 2.36. The summed E-state index contributed by atoms with van der Waals surface area (Å²) in [7, 11) is 0. The van der Waals surface area contributed by atoms with Gasteiger partial charge in [0.25, 0.3) is 0 Å². The molecule has 3 rings (SSSR count). The van der Waals surface area contributed by atoms with Gasteiger partial charge in [-0.15, -0.1) is 0 Å². The van der Waals surface area contributed by atoms with Crippen LogP contribution in [0.3, 0.4) is 0 Å². The highest BCUT2D eigenvalue weighted by atomic mass is 16.5. The summed E-state index contributed by atoms with van der Waals surface area (Å²) in [6, 6.07) is 8.54. The fourth-order valence-corrected chi connectivity index (χ4v) is 3.23. The van der Waals surface area contributed by atoms with Crippen LogP contribution in [-0.2, 0) is 0 Å². The largest absolute Gasteiger partial charge is 0.490 e. The van der Waals surface area contributed by atoms with Crippen molar-refractivity contribution in [2.75, 3.05) is 13.1 Å². The summed E-state index contributed by atoms with van der Waals surface area (Å²) in [6.45, 7) is 4.54. The van der Waals surface area contributed by atoms with E-state index in [1.54, 1.807) is 0 Å². The molecule has 1 saturated heterocycles. The first-order valence-corrected chi connectivity index (χ1v) is 6.32. The Morgan fingerprint density at radius 3 is 2.75 bits per heavy atom. The van der Waals surface area contributed by atoms with Crippen molar-refractivity contribution < 1.29 is 4.74 Å². The molecule has 0 bridgehead atoms. The Labute approximate surface area is 97.0 Å². The maximum Gasteiger partial charge on any atom is 0.123 e. The lowest BCUT2D eigenvalue weighted by Crippen LogP contribution is -2.33. The SMILES string of the molecule is CC1Oc2ccccc2C1C1CCNCC1. The minimum absolute atomic E-state index is 0.348. The maximum absolute atomic E-state index is 5.95. The van der Waals surface area contributed by atoms with Gasteiger partial charge in [0.2, 0.25) is 0 Å². The van der Waals surface area contributed by atoms with Crippen molar-refractivity contribution in [2.24, 2.45) is 5.92 Å². The second-order valence-electron chi connectivity index (χ2n) is 4.97. The topological polar surface area (TPSA) is 21.3 Å². The van der Waals surface area contributed by atoms with Crippen LogP contribution in [0.1, 0.15) is 31.2 Å². The van der Waals surface area contributed by atoms with Gasteiger partial charge >= 0.3 is 0 Å². The van der Waals surface area contributed by atoms with E-state index in [9.17, 15) is 0 Å². The lowest BCUT2D eigenvalue weighted by Gasteiger charge is -2.29. The van der Waals surface area contributed by atoms with Gasteiger partial charge in [-0.2, -0.15) is 0 Å². The van der Waals surface area contributed by atoms with Crippen molar-refractivity contribution in [2.45, 2.75) is 31.8 Å². The Balaban J connectivity index is 1.89. The lowest BCUT2D eigenvalue weighted by atomic mass is 9.79. The first-order valence-electron chi connectivity index (χ1n) is 6.32. The molecule has 0 saturated carbocycles. The van der Waals surface area contributed by atoms with Crippen LogP contribution in [0.2, 0.25) is 0 Å². The van der Waals surface area contributed by atoms with Crippen molar-refractivity contribution in [3.05, 3.63) is 29.8 Å². The standard InChI is InChI=1S/C14H19NO/c1-10-14(11-6-8-15-9-7-11)12-4-2-3-5-13(12)16-10/h2-5,10-11,14-15H,6-9H2,1H3. The molecule has 1 N–H and O–H groups in total. The first-order chi connectivity index (χ1) is 7.86. The minimum atomic E-state index is 0.348. The molecule has 1 aromatic rings. The van der Waals surface area contributed by atoms with Crippen LogP contribution >= 0.6 is 0 Å². The van der Waals surface area contributed by atoms with E-state index in [0.717, 1.165) is 24.8 Å². The van der Waals surface area contributed by atoms with Crippen LogP contribution < -0.4 is 10.1 Å². The molecule has 1 fully saturated rings. The summed E-state index contributed by atoms with van der Waals surface area (Å²) < 4.78 is 5.95. The number of rotatable bonds is 1. The molecule has 2 aliphatic heterocycles. The summed E-state index contributed by atoms with van der Waals surface area (Å²) in [4.78, 5) is 0. The van der Waals surface area contributed by atoms with Crippen molar-refractivity contribution >= 4 is 0 Å². The molecule has 2 aliphatic rings. The zero-order valence-corrected chi connectivity index (χ0v) is 9.78. The molecule has 0 aromatic heterocycles. The van der Waals surface area contributed by atoms with Gasteiger partial charge in [-0.05, 0) is 44.8 Å². The normalized spacial score (nSPS) is 29.8. The van der Waals surface area contributed by atoms with Crippen LogP contribution in [0.4, 0.5) is 0 Å². The van der Waals surface area contributed by atoms with Gasteiger partial charge in [-0.25, -0.2) is 0 Å². The van der Waals surface area contributed by atoms with Gasteiger partial charge in [0, 0.05) is 11.5 Å². The summed E-state index contributed by atoms with van der Waals surface area (Å²) >= 11 is 0. The van der Waals surface area contributed by atoms with Gasteiger partial charge in [-0.1, -0.05) is 18.2 Å². The third-order valence-electron chi connectivity index (χ3n) is 3.99. The van der Waals surface area contributed by atoms with E-state index < -0.39 is 0 Å². The smallest absolute Gasteiger partial charge is 0.123 e. The Morgan fingerprint density at radius 2 is 1.94 bits per heavy atom. The zero-order valence-electron chi connectivity index (χ0n) is 9.78. The highest BCUT2D eigenvalue weighted by molar-refractivity contribution is 5.41. The van der Waals surface area contributed by atoms with Gasteiger partial charge in [-0.3, -0.25) is 0 Å². The number of para-hydroxylation sites is 1. The number of ether oxygens (including phenoxy) is 1. The van der Waals surface area contributed by atoms with Gasteiger partial charge in [0.05, 0.1) is 0 Å². The number of hydrogen-bond donors (Lipinski definition) is 1. The van der Waals surface area contributed by atoms with E-state index in [0.29, 0.717) is 12.0 Å². The van der Waals surface area contributed by atoms with E-state index in [-0.39, 0.29) is 0 Å². The van der Waals surface area contributed by atoms with Crippen LogP contribution in [0, 0.1) is 5.92 Å². The Kier molecular flexibility index (Phi) is 2.60. The predicted molar refractivity (Wildman–Crippen MR) is 64.9 cm³/mol. The Morgan fingerprint density at radius 1 is 1.19 bits per heavy atom. The molecule has 0 aliphatic carbocycles. The van der Waals surface area contributed by atoms with Crippen LogP contribution in [0.5, 0.6) is 5.75 Å². The second kappa shape index (κ2) is 4.10. The molecule has 0 radical (unpaired) electrons. The molecular formula is C14H19NO. The number of nitrogens with one attached hydrogen (secondary N) is 1. The number of piperidine rings is 1. The molecule has 2 nitrogen and oxygen atoms in total. The summed E-state index contributed by atoms with van der Waals surface area (Å²) in [5.41, 5.74) is 1.43. The lowest BCUT2D eigenvalue weighted by molar-refractivity contribution is 0.176. The first kappa shape index (κ1) is 10.2. The maximum atomic E-state index is 5.95. The molecule has 1 aromatic carbocycles. The molecule has 2 heterocycles. The number of benzene rings is 1. The molecule has 16 heavy (non-hydrogen) atoms. The van der Waals surface area contributed by atoms with Crippen LogP contribution in [-0.4, -0.2) is 19.2 Å². The van der Waals surface area contributed by atoms with E-state index in [4.69, 9.17) is 4.74 Å². The molecule has 0 spiro atoms. The second-order valence-corrected chi connectivity index (χ2v) is 4.97. The fourth-order valence-electron chi connectivity index (χ4n) is 3.23. The Hall–Kier alpha value is -1.02. The molecule has 2 atom stereocenters. The van der Waals surface area contributed by atoms with Crippen molar-refractivity contribution in [3.8, 4) is 5.75 Å². The molecule has 2 heteroatoms. The van der Waals surface area contributed by atoms with Crippen LogP contribution in [0.15, 0.2) is 24.3 Å². The van der Waals surface area contributed by atoms with E-state index in [2.05, 4.69) is 36.5 Å². The van der Waals surface area contributed by atoms with Crippen LogP contribution in [0.25, 0.3) is 0 Å². The summed E-state index contributed by atoms with van der Waals surface area (Å²) in [6.07, 6.45) is 2.92. The predicted octanol–water partition coefficient (Wildman–Crippen LogP) is 2.55. The van der Waals surface area contributed by atoms with E-state index >= 15 is 0 Å². The fraction of sp³-hybridized carbons (Fsp3) is 0.571.